The molecule has 3 heteroatoms. The zero-order valence-electron chi connectivity index (χ0n) is 16.6. The molecule has 0 aromatic heterocycles. The highest BCUT2D eigenvalue weighted by atomic mass is 31.2. The van der Waals surface area contributed by atoms with Gasteiger partial charge < -0.3 is 0 Å². The van der Waals surface area contributed by atoms with E-state index in [-0.39, 0.29) is 6.04 Å². The molecule has 1 atom stereocenters. The fourth-order valence-electron chi connectivity index (χ4n) is 3.50. The molecule has 0 radical (unpaired) electrons. The van der Waals surface area contributed by atoms with E-state index >= 15 is 0 Å². The molecule has 0 fully saturated rings. The minimum atomic E-state index is -3.03. The van der Waals surface area contributed by atoms with E-state index in [4.69, 9.17) is 0 Å². The second-order valence-corrected chi connectivity index (χ2v) is 9.30. The van der Waals surface area contributed by atoms with Gasteiger partial charge in [-0.05, 0) is 42.7 Å². The first-order valence-corrected chi connectivity index (χ1v) is 11.6. The summed E-state index contributed by atoms with van der Waals surface area (Å²) in [4.78, 5) is 0. The molecule has 0 aliphatic rings. The van der Waals surface area contributed by atoms with Crippen molar-refractivity contribution in [2.75, 3.05) is 0 Å². The Bertz CT molecular complexity index is 893. The Hall–Kier alpha value is -2.41. The molecule has 0 heterocycles. The maximum atomic E-state index is 14.5. The number of benzene rings is 3. The predicted molar refractivity (Wildman–Crippen MR) is 121 cm³/mol. The summed E-state index contributed by atoms with van der Waals surface area (Å²) < 4.78 is 14.5. The fourth-order valence-corrected chi connectivity index (χ4v) is 5.96. The van der Waals surface area contributed by atoms with Crippen molar-refractivity contribution in [3.8, 4) is 0 Å². The lowest BCUT2D eigenvalue weighted by molar-refractivity contribution is 0.569. The Morgan fingerprint density at radius 3 is 1.71 bits per heavy atom. The Labute approximate surface area is 168 Å². The van der Waals surface area contributed by atoms with Crippen LogP contribution in [0.5, 0.6) is 0 Å². The second-order valence-electron chi connectivity index (χ2n) is 6.79. The molecule has 144 valence electrons. The van der Waals surface area contributed by atoms with Crippen LogP contribution in [0.4, 0.5) is 0 Å². The van der Waals surface area contributed by atoms with Crippen molar-refractivity contribution in [3.05, 3.63) is 108 Å². The van der Waals surface area contributed by atoms with Gasteiger partial charge in [-0.3, -0.25) is 4.57 Å². The molecule has 0 spiro atoms. The third kappa shape index (κ3) is 4.52. The van der Waals surface area contributed by atoms with Gasteiger partial charge in [0, 0.05) is 10.6 Å². The monoisotopic (exact) mass is 389 g/mol. The van der Waals surface area contributed by atoms with E-state index in [2.05, 4.69) is 37.1 Å². The predicted octanol–water partition coefficient (Wildman–Crippen LogP) is 5.99. The minimum Gasteiger partial charge on any atom is -0.296 e. The van der Waals surface area contributed by atoms with Gasteiger partial charge in [-0.2, -0.15) is 0 Å². The number of allylic oxidation sites excluding steroid dienone is 1. The molecular weight excluding hydrogens is 361 g/mol. The third-order valence-electron chi connectivity index (χ3n) is 4.93. The lowest BCUT2D eigenvalue weighted by Gasteiger charge is -2.29. The summed E-state index contributed by atoms with van der Waals surface area (Å²) in [5.74, 6) is 0. The summed E-state index contributed by atoms with van der Waals surface area (Å²) in [6, 6.07) is 29.8. The number of hydrogen-bond donors (Lipinski definition) is 1. The van der Waals surface area contributed by atoms with Crippen molar-refractivity contribution < 1.29 is 4.57 Å². The van der Waals surface area contributed by atoms with Crippen LogP contribution in [0.15, 0.2) is 103 Å². The van der Waals surface area contributed by atoms with E-state index < -0.39 is 7.29 Å². The molecule has 3 aromatic rings. The van der Waals surface area contributed by atoms with Gasteiger partial charge in [-0.1, -0.05) is 92.2 Å². The molecule has 0 saturated heterocycles. The maximum absolute atomic E-state index is 14.5. The van der Waals surface area contributed by atoms with Gasteiger partial charge in [0.15, 0.2) is 0 Å². The van der Waals surface area contributed by atoms with Gasteiger partial charge in [0.2, 0.25) is 7.29 Å². The van der Waals surface area contributed by atoms with Crippen molar-refractivity contribution in [1.82, 2.24) is 5.09 Å². The SMILES string of the molecule is CC/C=C(\CC)C(NP(=O)(c1ccccc1)c1ccccc1)c1ccccc1. The molecular formula is C25H28NOP. The van der Waals surface area contributed by atoms with Crippen molar-refractivity contribution in [1.29, 1.82) is 0 Å². The molecule has 0 saturated carbocycles. The van der Waals surface area contributed by atoms with Gasteiger partial charge in [0.05, 0.1) is 6.04 Å². The summed E-state index contributed by atoms with van der Waals surface area (Å²) in [7, 11) is -3.03. The van der Waals surface area contributed by atoms with Crippen LogP contribution in [0, 0.1) is 0 Å². The summed E-state index contributed by atoms with van der Waals surface area (Å²) in [6.07, 6.45) is 4.12. The molecule has 0 aliphatic carbocycles. The van der Waals surface area contributed by atoms with Crippen molar-refractivity contribution >= 4 is 17.9 Å². The first-order chi connectivity index (χ1) is 13.7. The standard InChI is InChI=1S/C25H28NOP/c1-3-14-21(4-2)25(22-15-8-5-9-16-22)26-28(27,23-17-10-6-11-18-23)24-19-12-7-13-20-24/h5-20,25H,3-4H2,1-2H3,(H,26,27)/b21-14+. The van der Waals surface area contributed by atoms with Gasteiger partial charge in [0.25, 0.3) is 0 Å². The van der Waals surface area contributed by atoms with Crippen LogP contribution in [-0.4, -0.2) is 0 Å². The fraction of sp³-hybridized carbons (Fsp3) is 0.200. The van der Waals surface area contributed by atoms with Crippen molar-refractivity contribution in [2.24, 2.45) is 0 Å². The Morgan fingerprint density at radius 2 is 1.29 bits per heavy atom. The molecule has 0 amide bonds. The van der Waals surface area contributed by atoms with Crippen LogP contribution in [0.2, 0.25) is 0 Å². The highest BCUT2D eigenvalue weighted by Crippen LogP contribution is 2.43. The topological polar surface area (TPSA) is 29.1 Å². The molecule has 0 aliphatic heterocycles. The lowest BCUT2D eigenvalue weighted by Crippen LogP contribution is -2.31. The summed E-state index contributed by atoms with van der Waals surface area (Å²) >= 11 is 0. The smallest absolute Gasteiger partial charge is 0.205 e. The zero-order valence-corrected chi connectivity index (χ0v) is 17.5. The van der Waals surface area contributed by atoms with Gasteiger partial charge in [0.1, 0.15) is 0 Å². The van der Waals surface area contributed by atoms with E-state index in [1.807, 2.05) is 78.9 Å². The van der Waals surface area contributed by atoms with Crippen molar-refractivity contribution in [2.45, 2.75) is 32.7 Å². The average molecular weight is 389 g/mol. The molecule has 2 nitrogen and oxygen atoms in total. The zero-order chi connectivity index (χ0) is 19.8. The van der Waals surface area contributed by atoms with Crippen LogP contribution in [0.3, 0.4) is 0 Å². The normalized spacial score (nSPS) is 13.3. The summed E-state index contributed by atoms with van der Waals surface area (Å²) in [5, 5.41) is 5.26. The van der Waals surface area contributed by atoms with E-state index in [0.29, 0.717) is 0 Å². The first kappa shape index (κ1) is 20.3. The lowest BCUT2D eigenvalue weighted by atomic mass is 9.97. The molecule has 1 unspecified atom stereocenters. The highest BCUT2D eigenvalue weighted by Gasteiger charge is 2.31. The van der Waals surface area contributed by atoms with Gasteiger partial charge in [-0.15, -0.1) is 0 Å². The highest BCUT2D eigenvalue weighted by molar-refractivity contribution is 7.76. The second kappa shape index (κ2) is 9.68. The Balaban J connectivity index is 2.14. The maximum Gasteiger partial charge on any atom is 0.205 e. The quantitative estimate of drug-likeness (QED) is 0.379. The van der Waals surface area contributed by atoms with Crippen LogP contribution < -0.4 is 15.7 Å². The van der Waals surface area contributed by atoms with E-state index in [1.165, 1.54) is 5.57 Å². The Morgan fingerprint density at radius 1 is 0.821 bits per heavy atom. The molecule has 3 aromatic carbocycles. The third-order valence-corrected chi connectivity index (χ3v) is 7.60. The average Bonchev–Trinajstić information content (AvgIpc) is 2.78. The molecule has 28 heavy (non-hydrogen) atoms. The first-order valence-electron chi connectivity index (χ1n) is 9.92. The van der Waals surface area contributed by atoms with Crippen LogP contribution in [0.1, 0.15) is 38.3 Å². The van der Waals surface area contributed by atoms with E-state index in [0.717, 1.165) is 29.0 Å². The minimum absolute atomic E-state index is 0.0996. The molecule has 3 rings (SSSR count). The summed E-state index contributed by atoms with van der Waals surface area (Å²) in [5.41, 5.74) is 2.40. The Kier molecular flexibility index (Phi) is 7.03. The van der Waals surface area contributed by atoms with E-state index in [1.54, 1.807) is 0 Å². The van der Waals surface area contributed by atoms with Crippen LogP contribution in [0.25, 0.3) is 0 Å². The number of rotatable bonds is 8. The molecule has 0 bridgehead atoms. The van der Waals surface area contributed by atoms with Gasteiger partial charge in [-0.25, -0.2) is 5.09 Å². The van der Waals surface area contributed by atoms with Gasteiger partial charge >= 0.3 is 0 Å². The summed E-state index contributed by atoms with van der Waals surface area (Å²) in [6.45, 7) is 4.31. The number of hydrogen-bond acceptors (Lipinski definition) is 1. The molecule has 1 N–H and O–H groups in total. The number of nitrogens with one attached hydrogen (secondary N) is 1. The largest absolute Gasteiger partial charge is 0.296 e. The van der Waals surface area contributed by atoms with E-state index in [9.17, 15) is 4.57 Å². The van der Waals surface area contributed by atoms with Crippen LogP contribution in [-0.2, 0) is 4.57 Å². The van der Waals surface area contributed by atoms with Crippen LogP contribution >= 0.6 is 7.29 Å². The van der Waals surface area contributed by atoms with Crippen molar-refractivity contribution in [3.63, 3.8) is 0 Å².